The standard InChI is InChI=1S/C11H13N3O/c1-7(11(14)6-12)9-4-3-8(15-2)5-10(9)13/h3-5H,13-14H2,1-2H3/b11-7-. The highest BCUT2D eigenvalue weighted by atomic mass is 16.5. The summed E-state index contributed by atoms with van der Waals surface area (Å²) in [7, 11) is 1.57. The minimum Gasteiger partial charge on any atom is -0.497 e. The van der Waals surface area contributed by atoms with Crippen molar-refractivity contribution in [3.63, 3.8) is 0 Å². The molecule has 0 aliphatic rings. The molecule has 1 aromatic rings. The number of hydrogen-bond donors (Lipinski definition) is 2. The van der Waals surface area contributed by atoms with Crippen LogP contribution in [0, 0.1) is 11.3 Å². The molecule has 0 atom stereocenters. The summed E-state index contributed by atoms with van der Waals surface area (Å²) in [6.07, 6.45) is 0. The number of nitrogen functional groups attached to an aromatic ring is 1. The summed E-state index contributed by atoms with van der Waals surface area (Å²) in [4.78, 5) is 0. The molecule has 0 radical (unpaired) electrons. The van der Waals surface area contributed by atoms with Crippen LogP contribution in [0.25, 0.3) is 5.57 Å². The Bertz CT molecular complexity index is 444. The van der Waals surface area contributed by atoms with Gasteiger partial charge in [0.15, 0.2) is 0 Å². The van der Waals surface area contributed by atoms with E-state index in [4.69, 9.17) is 21.5 Å². The maximum atomic E-state index is 8.66. The Hall–Kier alpha value is -2.15. The first kappa shape index (κ1) is 10.9. The molecule has 1 aromatic carbocycles. The molecule has 4 N–H and O–H groups in total. The van der Waals surface area contributed by atoms with Gasteiger partial charge in [-0.15, -0.1) is 0 Å². The number of anilines is 1. The van der Waals surface area contributed by atoms with E-state index in [1.807, 2.05) is 6.07 Å². The van der Waals surface area contributed by atoms with Crippen molar-refractivity contribution in [2.24, 2.45) is 5.73 Å². The highest BCUT2D eigenvalue weighted by Gasteiger charge is 2.06. The fourth-order valence-electron chi connectivity index (χ4n) is 1.24. The van der Waals surface area contributed by atoms with Crippen LogP contribution in [-0.4, -0.2) is 7.11 Å². The smallest absolute Gasteiger partial charge is 0.120 e. The fourth-order valence-corrected chi connectivity index (χ4v) is 1.24. The Morgan fingerprint density at radius 1 is 1.47 bits per heavy atom. The molecule has 0 unspecified atom stereocenters. The third-order valence-corrected chi connectivity index (χ3v) is 2.19. The lowest BCUT2D eigenvalue weighted by Crippen LogP contribution is -2.00. The molecule has 4 nitrogen and oxygen atoms in total. The van der Waals surface area contributed by atoms with Gasteiger partial charge in [0.2, 0.25) is 0 Å². The molecule has 0 spiro atoms. The molecular formula is C11H13N3O. The van der Waals surface area contributed by atoms with E-state index in [-0.39, 0.29) is 5.70 Å². The maximum absolute atomic E-state index is 8.66. The van der Waals surface area contributed by atoms with Gasteiger partial charge >= 0.3 is 0 Å². The molecule has 15 heavy (non-hydrogen) atoms. The van der Waals surface area contributed by atoms with E-state index in [0.29, 0.717) is 17.0 Å². The van der Waals surface area contributed by atoms with Gasteiger partial charge in [0.25, 0.3) is 0 Å². The van der Waals surface area contributed by atoms with Crippen molar-refractivity contribution in [3.05, 3.63) is 29.5 Å². The van der Waals surface area contributed by atoms with Crippen LogP contribution in [0.4, 0.5) is 5.69 Å². The second-order valence-corrected chi connectivity index (χ2v) is 3.10. The quantitative estimate of drug-likeness (QED) is 0.563. The number of nitriles is 1. The average molecular weight is 203 g/mol. The van der Waals surface area contributed by atoms with Crippen LogP contribution >= 0.6 is 0 Å². The number of methoxy groups -OCH3 is 1. The van der Waals surface area contributed by atoms with Crippen molar-refractivity contribution in [1.29, 1.82) is 5.26 Å². The fraction of sp³-hybridized carbons (Fsp3) is 0.182. The summed E-state index contributed by atoms with van der Waals surface area (Å²) >= 11 is 0. The minimum atomic E-state index is 0.173. The zero-order valence-electron chi connectivity index (χ0n) is 8.74. The Kier molecular flexibility index (Phi) is 3.19. The van der Waals surface area contributed by atoms with Gasteiger partial charge in [-0.2, -0.15) is 5.26 Å². The number of benzene rings is 1. The molecule has 0 saturated heterocycles. The van der Waals surface area contributed by atoms with Crippen LogP contribution in [0.3, 0.4) is 0 Å². The molecule has 0 aliphatic heterocycles. The first-order valence-electron chi connectivity index (χ1n) is 4.40. The van der Waals surface area contributed by atoms with Crippen molar-refractivity contribution in [2.75, 3.05) is 12.8 Å². The van der Waals surface area contributed by atoms with Gasteiger partial charge < -0.3 is 16.2 Å². The zero-order valence-corrected chi connectivity index (χ0v) is 8.74. The Labute approximate surface area is 88.8 Å². The Morgan fingerprint density at radius 3 is 2.60 bits per heavy atom. The van der Waals surface area contributed by atoms with Crippen molar-refractivity contribution < 1.29 is 4.74 Å². The van der Waals surface area contributed by atoms with E-state index in [1.54, 1.807) is 32.2 Å². The molecule has 4 heteroatoms. The topological polar surface area (TPSA) is 85.1 Å². The summed E-state index contributed by atoms with van der Waals surface area (Å²) in [6, 6.07) is 7.15. The summed E-state index contributed by atoms with van der Waals surface area (Å²) in [5.74, 6) is 0.680. The van der Waals surface area contributed by atoms with E-state index in [2.05, 4.69) is 0 Å². The SMILES string of the molecule is COc1ccc(/C(C)=C(\N)C#N)c(N)c1. The summed E-state index contributed by atoms with van der Waals surface area (Å²) in [5, 5.41) is 8.66. The van der Waals surface area contributed by atoms with E-state index in [9.17, 15) is 0 Å². The third-order valence-electron chi connectivity index (χ3n) is 2.19. The average Bonchev–Trinajstić information content (AvgIpc) is 2.26. The first-order chi connectivity index (χ1) is 7.10. The normalized spacial score (nSPS) is 11.5. The van der Waals surface area contributed by atoms with E-state index in [0.717, 1.165) is 5.56 Å². The van der Waals surface area contributed by atoms with E-state index < -0.39 is 0 Å². The molecule has 78 valence electrons. The lowest BCUT2D eigenvalue weighted by Gasteiger charge is -2.08. The zero-order chi connectivity index (χ0) is 11.4. The molecule has 0 bridgehead atoms. The largest absolute Gasteiger partial charge is 0.497 e. The lowest BCUT2D eigenvalue weighted by atomic mass is 10.0. The lowest BCUT2D eigenvalue weighted by molar-refractivity contribution is 0.415. The summed E-state index contributed by atoms with van der Waals surface area (Å²) in [6.45, 7) is 1.76. The van der Waals surface area contributed by atoms with Crippen molar-refractivity contribution in [1.82, 2.24) is 0 Å². The van der Waals surface area contributed by atoms with Gasteiger partial charge in [0, 0.05) is 17.3 Å². The molecule has 0 saturated carbocycles. The third kappa shape index (κ3) is 2.20. The van der Waals surface area contributed by atoms with Gasteiger partial charge in [-0.1, -0.05) is 0 Å². The molecule has 0 aliphatic carbocycles. The van der Waals surface area contributed by atoms with Gasteiger partial charge in [-0.3, -0.25) is 0 Å². The molecule has 0 fully saturated rings. The Balaban J connectivity index is 3.24. The van der Waals surface area contributed by atoms with Crippen LogP contribution in [0.1, 0.15) is 12.5 Å². The van der Waals surface area contributed by atoms with Crippen LogP contribution in [0.2, 0.25) is 0 Å². The molecule has 0 amide bonds. The predicted molar refractivity (Wildman–Crippen MR) is 59.8 cm³/mol. The number of allylic oxidation sites excluding steroid dienone is 2. The number of rotatable bonds is 2. The summed E-state index contributed by atoms with van der Waals surface area (Å²) < 4.78 is 5.02. The van der Waals surface area contributed by atoms with Crippen LogP contribution < -0.4 is 16.2 Å². The van der Waals surface area contributed by atoms with Crippen molar-refractivity contribution >= 4 is 11.3 Å². The van der Waals surface area contributed by atoms with Gasteiger partial charge in [0.05, 0.1) is 7.11 Å². The maximum Gasteiger partial charge on any atom is 0.120 e. The molecule has 0 heterocycles. The Morgan fingerprint density at radius 2 is 2.13 bits per heavy atom. The van der Waals surface area contributed by atoms with Crippen LogP contribution in [0.5, 0.6) is 5.75 Å². The first-order valence-corrected chi connectivity index (χ1v) is 4.40. The second-order valence-electron chi connectivity index (χ2n) is 3.10. The number of hydrogen-bond acceptors (Lipinski definition) is 4. The monoisotopic (exact) mass is 203 g/mol. The van der Waals surface area contributed by atoms with E-state index >= 15 is 0 Å². The predicted octanol–water partition coefficient (Wildman–Crippen LogP) is 1.49. The van der Waals surface area contributed by atoms with Crippen LogP contribution in [0.15, 0.2) is 23.9 Å². The minimum absolute atomic E-state index is 0.173. The molecule has 0 aromatic heterocycles. The van der Waals surface area contributed by atoms with Gasteiger partial charge in [0.1, 0.15) is 17.5 Å². The van der Waals surface area contributed by atoms with E-state index in [1.165, 1.54) is 0 Å². The second kappa shape index (κ2) is 4.38. The summed E-state index contributed by atoms with van der Waals surface area (Å²) in [5.41, 5.74) is 13.5. The molecular weight excluding hydrogens is 190 g/mol. The highest BCUT2D eigenvalue weighted by Crippen LogP contribution is 2.26. The number of nitrogens with zero attached hydrogens (tertiary/aromatic N) is 1. The van der Waals surface area contributed by atoms with Crippen LogP contribution in [-0.2, 0) is 0 Å². The highest BCUT2D eigenvalue weighted by molar-refractivity contribution is 5.78. The van der Waals surface area contributed by atoms with Crippen molar-refractivity contribution in [3.8, 4) is 11.8 Å². The van der Waals surface area contributed by atoms with Crippen molar-refractivity contribution in [2.45, 2.75) is 6.92 Å². The number of nitrogens with two attached hydrogens (primary N) is 2. The molecule has 1 rings (SSSR count). The van der Waals surface area contributed by atoms with Gasteiger partial charge in [-0.25, -0.2) is 0 Å². The van der Waals surface area contributed by atoms with Gasteiger partial charge in [-0.05, 0) is 24.6 Å². The number of ether oxygens (including phenoxy) is 1.